The SMILES string of the molecule is NS(=O)(=O)c1ccc(N2CCN(CC(=O)Nc3ccc(OC(F)(F)F)cc3)CC2)cc1. The number of amides is 1. The van der Waals surface area contributed by atoms with Gasteiger partial charge in [-0.3, -0.25) is 9.69 Å². The van der Waals surface area contributed by atoms with Crippen LogP contribution in [0, 0.1) is 0 Å². The summed E-state index contributed by atoms with van der Waals surface area (Å²) in [5.41, 5.74) is 1.23. The highest BCUT2D eigenvalue weighted by Gasteiger charge is 2.31. The second kappa shape index (κ2) is 9.12. The van der Waals surface area contributed by atoms with Crippen LogP contribution < -0.4 is 20.1 Å². The van der Waals surface area contributed by atoms with Crippen molar-refractivity contribution in [1.29, 1.82) is 0 Å². The monoisotopic (exact) mass is 458 g/mol. The minimum atomic E-state index is -4.77. The van der Waals surface area contributed by atoms with Gasteiger partial charge >= 0.3 is 6.36 Å². The predicted molar refractivity (Wildman–Crippen MR) is 108 cm³/mol. The Hall–Kier alpha value is -2.83. The lowest BCUT2D eigenvalue weighted by atomic mass is 10.2. The molecule has 3 N–H and O–H groups in total. The third-order valence-corrected chi connectivity index (χ3v) is 5.57. The first-order valence-electron chi connectivity index (χ1n) is 9.25. The molecule has 0 radical (unpaired) electrons. The summed E-state index contributed by atoms with van der Waals surface area (Å²) in [4.78, 5) is 16.3. The van der Waals surface area contributed by atoms with Crippen molar-refractivity contribution >= 4 is 27.3 Å². The van der Waals surface area contributed by atoms with Gasteiger partial charge < -0.3 is 15.0 Å². The highest BCUT2D eigenvalue weighted by atomic mass is 32.2. The van der Waals surface area contributed by atoms with Crippen molar-refractivity contribution in [3.63, 3.8) is 0 Å². The van der Waals surface area contributed by atoms with Gasteiger partial charge in [-0.1, -0.05) is 0 Å². The molecule has 1 aliphatic rings. The number of rotatable bonds is 6. The molecule has 1 fully saturated rings. The number of piperazine rings is 1. The van der Waals surface area contributed by atoms with E-state index in [-0.39, 0.29) is 23.1 Å². The van der Waals surface area contributed by atoms with Crippen molar-refractivity contribution < 1.29 is 31.1 Å². The number of ether oxygens (including phenoxy) is 1. The van der Waals surface area contributed by atoms with E-state index in [4.69, 9.17) is 5.14 Å². The van der Waals surface area contributed by atoms with Gasteiger partial charge in [-0.05, 0) is 48.5 Å². The number of primary sulfonamides is 1. The maximum atomic E-state index is 12.2. The highest BCUT2D eigenvalue weighted by Crippen LogP contribution is 2.24. The fourth-order valence-corrected chi connectivity index (χ4v) is 3.67. The van der Waals surface area contributed by atoms with Crippen LogP contribution in [0.1, 0.15) is 0 Å². The van der Waals surface area contributed by atoms with E-state index in [9.17, 15) is 26.4 Å². The standard InChI is InChI=1S/C19H21F3N4O4S/c20-19(21,22)30-16-5-1-14(2-6-16)24-18(27)13-25-9-11-26(12-10-25)15-3-7-17(8-4-15)31(23,28)29/h1-8H,9-13H2,(H,24,27)(H2,23,28,29). The largest absolute Gasteiger partial charge is 0.573 e. The molecule has 1 saturated heterocycles. The molecule has 0 unspecified atom stereocenters. The lowest BCUT2D eigenvalue weighted by Gasteiger charge is -2.35. The molecule has 168 valence electrons. The molecule has 2 aromatic rings. The van der Waals surface area contributed by atoms with Crippen molar-refractivity contribution in [2.24, 2.45) is 5.14 Å². The molecule has 1 amide bonds. The number of benzene rings is 2. The van der Waals surface area contributed by atoms with Crippen LogP contribution in [0.15, 0.2) is 53.4 Å². The summed E-state index contributed by atoms with van der Waals surface area (Å²) in [5, 5.41) is 7.74. The Bertz CT molecular complexity index is 1000. The van der Waals surface area contributed by atoms with Crippen molar-refractivity contribution in [2.45, 2.75) is 11.3 Å². The number of nitrogens with one attached hydrogen (secondary N) is 1. The van der Waals surface area contributed by atoms with E-state index in [0.29, 0.717) is 31.9 Å². The Morgan fingerprint density at radius 3 is 2.10 bits per heavy atom. The van der Waals surface area contributed by atoms with Gasteiger partial charge in [0.2, 0.25) is 15.9 Å². The Morgan fingerprint density at radius 2 is 1.58 bits per heavy atom. The maximum Gasteiger partial charge on any atom is 0.573 e. The topological polar surface area (TPSA) is 105 Å². The van der Waals surface area contributed by atoms with E-state index in [2.05, 4.69) is 15.0 Å². The van der Waals surface area contributed by atoms with E-state index in [0.717, 1.165) is 17.8 Å². The average molecular weight is 458 g/mol. The zero-order chi connectivity index (χ0) is 22.6. The number of alkyl halides is 3. The van der Waals surface area contributed by atoms with Crippen LogP contribution in [0.3, 0.4) is 0 Å². The average Bonchev–Trinajstić information content (AvgIpc) is 2.68. The molecule has 3 rings (SSSR count). The van der Waals surface area contributed by atoms with Crippen LogP contribution >= 0.6 is 0 Å². The Kier molecular flexibility index (Phi) is 6.72. The number of halogens is 3. The van der Waals surface area contributed by atoms with Crippen molar-refractivity contribution in [2.75, 3.05) is 42.9 Å². The van der Waals surface area contributed by atoms with E-state index in [1.54, 1.807) is 12.1 Å². The zero-order valence-corrected chi connectivity index (χ0v) is 17.1. The fourth-order valence-electron chi connectivity index (χ4n) is 3.15. The quantitative estimate of drug-likeness (QED) is 0.686. The second-order valence-corrected chi connectivity index (χ2v) is 8.48. The van der Waals surface area contributed by atoms with Gasteiger partial charge in [-0.2, -0.15) is 0 Å². The molecule has 31 heavy (non-hydrogen) atoms. The normalized spacial score (nSPS) is 15.5. The van der Waals surface area contributed by atoms with Crippen LogP contribution in [0.2, 0.25) is 0 Å². The summed E-state index contributed by atoms with van der Waals surface area (Å²) in [5.74, 6) is -0.644. The molecule has 8 nitrogen and oxygen atoms in total. The molecule has 12 heteroatoms. The molecule has 0 saturated carbocycles. The van der Waals surface area contributed by atoms with Gasteiger partial charge in [0.25, 0.3) is 0 Å². The third kappa shape index (κ3) is 6.84. The number of nitrogens with zero attached hydrogens (tertiary/aromatic N) is 2. The zero-order valence-electron chi connectivity index (χ0n) is 16.3. The molecule has 1 heterocycles. The van der Waals surface area contributed by atoms with Gasteiger partial charge in [0.05, 0.1) is 11.4 Å². The van der Waals surface area contributed by atoms with Gasteiger partial charge in [-0.25, -0.2) is 13.6 Å². The van der Waals surface area contributed by atoms with E-state index >= 15 is 0 Å². The van der Waals surface area contributed by atoms with Crippen molar-refractivity contribution in [1.82, 2.24) is 4.90 Å². The third-order valence-electron chi connectivity index (χ3n) is 4.64. The van der Waals surface area contributed by atoms with E-state index in [1.807, 2.05) is 4.90 Å². The second-order valence-electron chi connectivity index (χ2n) is 6.92. The minimum Gasteiger partial charge on any atom is -0.406 e. The number of sulfonamides is 1. The molecule has 1 aliphatic heterocycles. The van der Waals surface area contributed by atoms with Gasteiger partial charge in [0.1, 0.15) is 5.75 Å². The van der Waals surface area contributed by atoms with E-state index < -0.39 is 16.4 Å². The van der Waals surface area contributed by atoms with Gasteiger partial charge in [0, 0.05) is 37.6 Å². The van der Waals surface area contributed by atoms with Crippen LogP contribution in [0.25, 0.3) is 0 Å². The Morgan fingerprint density at radius 1 is 1.00 bits per heavy atom. The molecule has 0 atom stereocenters. The first-order chi connectivity index (χ1) is 14.5. The summed E-state index contributed by atoms with van der Waals surface area (Å²) >= 11 is 0. The Labute approximate surface area is 177 Å². The highest BCUT2D eigenvalue weighted by molar-refractivity contribution is 7.89. The molecular formula is C19H21F3N4O4S. The number of hydrogen-bond donors (Lipinski definition) is 2. The number of carbonyl (C=O) groups excluding carboxylic acids is 1. The summed E-state index contributed by atoms with van der Waals surface area (Å²) in [6.07, 6.45) is -4.77. The fraction of sp³-hybridized carbons (Fsp3) is 0.316. The molecule has 0 bridgehead atoms. The molecule has 2 aromatic carbocycles. The minimum absolute atomic E-state index is 0.0459. The molecule has 0 aromatic heterocycles. The van der Waals surface area contributed by atoms with Crippen LogP contribution in [-0.4, -0.2) is 58.3 Å². The Balaban J connectivity index is 1.46. The first-order valence-corrected chi connectivity index (χ1v) is 10.8. The van der Waals surface area contributed by atoms with Crippen LogP contribution in [0.5, 0.6) is 5.75 Å². The van der Waals surface area contributed by atoms with Crippen molar-refractivity contribution in [3.05, 3.63) is 48.5 Å². The summed E-state index contributed by atoms with van der Waals surface area (Å²) < 4.78 is 63.0. The lowest BCUT2D eigenvalue weighted by Crippen LogP contribution is -2.48. The van der Waals surface area contributed by atoms with Crippen LogP contribution in [0.4, 0.5) is 24.5 Å². The number of anilines is 2. The summed E-state index contributed by atoms with van der Waals surface area (Å²) in [7, 11) is -3.74. The van der Waals surface area contributed by atoms with Crippen molar-refractivity contribution in [3.8, 4) is 5.75 Å². The molecule has 0 spiro atoms. The molecule has 0 aliphatic carbocycles. The smallest absolute Gasteiger partial charge is 0.406 e. The maximum absolute atomic E-state index is 12.2. The van der Waals surface area contributed by atoms with E-state index in [1.165, 1.54) is 24.3 Å². The number of hydrogen-bond acceptors (Lipinski definition) is 6. The first kappa shape index (κ1) is 22.8. The number of carbonyl (C=O) groups is 1. The predicted octanol–water partition coefficient (Wildman–Crippen LogP) is 1.99. The number of nitrogens with two attached hydrogens (primary N) is 1. The van der Waals surface area contributed by atoms with Gasteiger partial charge in [-0.15, -0.1) is 13.2 Å². The lowest BCUT2D eigenvalue weighted by molar-refractivity contribution is -0.274. The summed E-state index contributed by atoms with van der Waals surface area (Å²) in [6, 6.07) is 11.2. The van der Waals surface area contributed by atoms with Crippen LogP contribution in [-0.2, 0) is 14.8 Å². The van der Waals surface area contributed by atoms with Gasteiger partial charge in [0.15, 0.2) is 0 Å². The summed E-state index contributed by atoms with van der Waals surface area (Å²) in [6.45, 7) is 2.65. The molecular weight excluding hydrogens is 437 g/mol.